The van der Waals surface area contributed by atoms with Crippen LogP contribution in [0.3, 0.4) is 0 Å². The van der Waals surface area contributed by atoms with Crippen LogP contribution in [0.15, 0.2) is 24.3 Å². The summed E-state index contributed by atoms with van der Waals surface area (Å²) in [6.07, 6.45) is 5.11. The van der Waals surface area contributed by atoms with Gasteiger partial charge < -0.3 is 5.32 Å². The Labute approximate surface area is 97.1 Å². The number of hydrogen-bond donors (Lipinski definition) is 1. The highest BCUT2D eigenvalue weighted by molar-refractivity contribution is 5.17. The van der Waals surface area contributed by atoms with E-state index >= 15 is 0 Å². The van der Waals surface area contributed by atoms with Gasteiger partial charge in [0.2, 0.25) is 0 Å². The molecule has 0 spiro atoms. The van der Waals surface area contributed by atoms with Gasteiger partial charge in [-0.2, -0.15) is 0 Å². The lowest BCUT2D eigenvalue weighted by atomic mass is 10.0. The second-order valence-corrected chi connectivity index (χ2v) is 4.68. The van der Waals surface area contributed by atoms with E-state index in [4.69, 9.17) is 0 Å². The highest BCUT2D eigenvalue weighted by Crippen LogP contribution is 2.28. The average molecular weight is 221 g/mol. The second-order valence-electron chi connectivity index (χ2n) is 4.68. The predicted molar refractivity (Wildman–Crippen MR) is 64.7 cm³/mol. The number of rotatable bonds is 4. The second kappa shape index (κ2) is 5.44. The van der Waals surface area contributed by atoms with Crippen LogP contribution in [0.25, 0.3) is 0 Å². The minimum absolute atomic E-state index is 0.0963. The van der Waals surface area contributed by atoms with Crippen LogP contribution >= 0.6 is 0 Å². The van der Waals surface area contributed by atoms with Crippen molar-refractivity contribution in [2.24, 2.45) is 5.92 Å². The molecule has 1 fully saturated rings. The van der Waals surface area contributed by atoms with Gasteiger partial charge in [0.15, 0.2) is 0 Å². The first-order valence-corrected chi connectivity index (χ1v) is 6.28. The molecule has 1 aliphatic carbocycles. The molecule has 0 radical (unpaired) electrons. The van der Waals surface area contributed by atoms with Crippen LogP contribution in [0.1, 0.15) is 38.2 Å². The van der Waals surface area contributed by atoms with Gasteiger partial charge in [0.25, 0.3) is 0 Å². The summed E-state index contributed by atoms with van der Waals surface area (Å²) in [6.45, 7) is 2.90. The Hall–Kier alpha value is -0.890. The summed E-state index contributed by atoms with van der Waals surface area (Å²) in [5.41, 5.74) is 0.782. The first kappa shape index (κ1) is 11.6. The third-order valence-electron chi connectivity index (χ3n) is 3.70. The van der Waals surface area contributed by atoms with Crippen LogP contribution in [0, 0.1) is 11.7 Å². The van der Waals surface area contributed by atoms with Gasteiger partial charge >= 0.3 is 0 Å². The molecule has 1 aromatic carbocycles. The fourth-order valence-electron chi connectivity index (χ4n) is 2.68. The average Bonchev–Trinajstić information content (AvgIpc) is 2.75. The fraction of sp³-hybridized carbons (Fsp3) is 0.571. The number of hydrogen-bond acceptors (Lipinski definition) is 1. The Morgan fingerprint density at radius 1 is 1.31 bits per heavy atom. The summed E-state index contributed by atoms with van der Waals surface area (Å²) in [4.78, 5) is 0. The summed E-state index contributed by atoms with van der Waals surface area (Å²) in [5.74, 6) is 0.688. The smallest absolute Gasteiger partial charge is 0.127 e. The lowest BCUT2D eigenvalue weighted by molar-refractivity contribution is 0.386. The number of benzene rings is 1. The molecular weight excluding hydrogens is 201 g/mol. The van der Waals surface area contributed by atoms with Gasteiger partial charge in [-0.25, -0.2) is 4.39 Å². The maximum Gasteiger partial charge on any atom is 0.127 e. The van der Waals surface area contributed by atoms with E-state index in [-0.39, 0.29) is 5.82 Å². The molecule has 0 amide bonds. The molecule has 88 valence electrons. The molecule has 2 rings (SSSR count). The van der Waals surface area contributed by atoms with E-state index in [0.29, 0.717) is 12.6 Å². The van der Waals surface area contributed by atoms with Gasteiger partial charge in [0.1, 0.15) is 5.82 Å². The Morgan fingerprint density at radius 3 is 2.88 bits per heavy atom. The molecule has 16 heavy (non-hydrogen) atoms. The number of nitrogens with one attached hydrogen (secondary N) is 1. The molecule has 1 aliphatic rings. The van der Waals surface area contributed by atoms with Crippen molar-refractivity contribution in [2.45, 2.75) is 45.2 Å². The molecule has 0 bridgehead atoms. The summed E-state index contributed by atoms with van der Waals surface area (Å²) in [5, 5.41) is 3.50. The predicted octanol–water partition coefficient (Wildman–Crippen LogP) is 3.49. The largest absolute Gasteiger partial charge is 0.310 e. The van der Waals surface area contributed by atoms with Crippen molar-refractivity contribution >= 4 is 0 Å². The van der Waals surface area contributed by atoms with Gasteiger partial charge in [-0.15, -0.1) is 0 Å². The van der Waals surface area contributed by atoms with E-state index in [1.54, 1.807) is 6.07 Å². The van der Waals surface area contributed by atoms with Crippen LogP contribution in [0.5, 0.6) is 0 Å². The van der Waals surface area contributed by atoms with Crippen LogP contribution in [0.2, 0.25) is 0 Å². The Bertz CT molecular complexity index is 337. The van der Waals surface area contributed by atoms with Gasteiger partial charge in [-0.3, -0.25) is 0 Å². The highest BCUT2D eigenvalue weighted by atomic mass is 19.1. The summed E-state index contributed by atoms with van der Waals surface area (Å²) >= 11 is 0. The van der Waals surface area contributed by atoms with E-state index in [2.05, 4.69) is 12.2 Å². The van der Waals surface area contributed by atoms with Crippen molar-refractivity contribution in [2.75, 3.05) is 0 Å². The SMILES string of the molecule is CCC1CCCC1NCc1ccccc1F. The zero-order chi connectivity index (χ0) is 11.4. The zero-order valence-electron chi connectivity index (χ0n) is 9.88. The minimum atomic E-state index is -0.0963. The summed E-state index contributed by atoms with van der Waals surface area (Å²) in [7, 11) is 0. The molecule has 2 unspecified atom stereocenters. The van der Waals surface area contributed by atoms with Gasteiger partial charge in [0.05, 0.1) is 0 Å². The standard InChI is InChI=1S/C14H20FN/c1-2-11-7-5-9-14(11)16-10-12-6-3-4-8-13(12)15/h3-4,6,8,11,14,16H,2,5,7,9-10H2,1H3. The van der Waals surface area contributed by atoms with Crippen LogP contribution in [0.4, 0.5) is 4.39 Å². The van der Waals surface area contributed by atoms with Crippen molar-refractivity contribution in [3.05, 3.63) is 35.6 Å². The first-order chi connectivity index (χ1) is 7.81. The molecule has 2 atom stereocenters. The Kier molecular flexibility index (Phi) is 3.94. The molecule has 0 saturated heterocycles. The quantitative estimate of drug-likeness (QED) is 0.820. The van der Waals surface area contributed by atoms with E-state index in [9.17, 15) is 4.39 Å². The molecule has 0 aromatic heterocycles. The summed E-state index contributed by atoms with van der Waals surface area (Å²) < 4.78 is 13.4. The molecule has 1 saturated carbocycles. The fourth-order valence-corrected chi connectivity index (χ4v) is 2.68. The lowest BCUT2D eigenvalue weighted by Gasteiger charge is -2.19. The van der Waals surface area contributed by atoms with Crippen molar-refractivity contribution in [3.63, 3.8) is 0 Å². The maximum atomic E-state index is 13.4. The van der Waals surface area contributed by atoms with E-state index < -0.39 is 0 Å². The molecule has 1 aromatic rings. The summed E-state index contributed by atoms with van der Waals surface area (Å²) in [6, 6.07) is 7.61. The first-order valence-electron chi connectivity index (χ1n) is 6.28. The molecule has 0 heterocycles. The van der Waals surface area contributed by atoms with Gasteiger partial charge in [-0.05, 0) is 24.8 Å². The van der Waals surface area contributed by atoms with Crippen LogP contribution in [-0.2, 0) is 6.54 Å². The molecular formula is C14H20FN. The third-order valence-corrected chi connectivity index (χ3v) is 3.70. The molecule has 1 N–H and O–H groups in total. The third kappa shape index (κ3) is 2.62. The monoisotopic (exact) mass is 221 g/mol. The van der Waals surface area contributed by atoms with Crippen molar-refractivity contribution in [1.82, 2.24) is 5.32 Å². The molecule has 1 nitrogen and oxygen atoms in total. The van der Waals surface area contributed by atoms with E-state index in [1.165, 1.54) is 31.7 Å². The van der Waals surface area contributed by atoms with E-state index in [1.807, 2.05) is 12.1 Å². The lowest BCUT2D eigenvalue weighted by Crippen LogP contribution is -2.31. The van der Waals surface area contributed by atoms with Crippen molar-refractivity contribution < 1.29 is 4.39 Å². The Morgan fingerprint density at radius 2 is 2.12 bits per heavy atom. The zero-order valence-corrected chi connectivity index (χ0v) is 9.88. The van der Waals surface area contributed by atoms with Crippen molar-refractivity contribution in [3.8, 4) is 0 Å². The number of halogens is 1. The Balaban J connectivity index is 1.90. The molecule has 0 aliphatic heterocycles. The van der Waals surface area contributed by atoms with Crippen LogP contribution < -0.4 is 5.32 Å². The minimum Gasteiger partial charge on any atom is -0.310 e. The van der Waals surface area contributed by atoms with Crippen molar-refractivity contribution in [1.29, 1.82) is 0 Å². The van der Waals surface area contributed by atoms with Crippen LogP contribution in [-0.4, -0.2) is 6.04 Å². The van der Waals surface area contributed by atoms with Gasteiger partial charge in [0, 0.05) is 18.2 Å². The molecule has 2 heteroatoms. The topological polar surface area (TPSA) is 12.0 Å². The van der Waals surface area contributed by atoms with Gasteiger partial charge in [-0.1, -0.05) is 38.0 Å². The van der Waals surface area contributed by atoms with E-state index in [0.717, 1.165) is 11.5 Å². The maximum absolute atomic E-state index is 13.4. The normalized spacial score (nSPS) is 24.9. The highest BCUT2D eigenvalue weighted by Gasteiger charge is 2.24.